The minimum Gasteiger partial charge on any atom is -0.493 e. The molecule has 0 radical (unpaired) electrons. The summed E-state index contributed by atoms with van der Waals surface area (Å²) >= 11 is 0. The number of carbonyl (C=O) groups is 1. The normalized spacial score (nSPS) is 32.0. The van der Waals surface area contributed by atoms with Gasteiger partial charge in [0.1, 0.15) is 5.75 Å². The van der Waals surface area contributed by atoms with Gasteiger partial charge in [-0.3, -0.25) is 4.79 Å². The Morgan fingerprint density at radius 1 is 1.32 bits per heavy atom. The van der Waals surface area contributed by atoms with Gasteiger partial charge in [-0.15, -0.1) is 0 Å². The second-order valence-electron chi connectivity index (χ2n) is 7.57. The zero-order valence-electron chi connectivity index (χ0n) is 14.1. The molecule has 3 rings (SSSR count). The number of ether oxygens (including phenoxy) is 1. The van der Waals surface area contributed by atoms with Gasteiger partial charge in [0.2, 0.25) is 0 Å². The Kier molecular flexibility index (Phi) is 3.70. The number of hydrogen-bond acceptors (Lipinski definition) is 2. The van der Waals surface area contributed by atoms with Gasteiger partial charge in [0, 0.05) is 6.04 Å². The number of benzene rings is 1. The molecule has 1 N–H and O–H groups in total. The SMILES string of the molecule is CCOc1ccccc1C(=O)N[C@H]1C[C@H]2CC[C@]1(C)C2(C)C. The highest BCUT2D eigenvalue weighted by Crippen LogP contribution is 2.65. The van der Waals surface area contributed by atoms with Crippen LogP contribution < -0.4 is 10.1 Å². The Bertz CT molecular complexity index is 581. The monoisotopic (exact) mass is 301 g/mol. The number of para-hydroxylation sites is 1. The van der Waals surface area contributed by atoms with Gasteiger partial charge in [-0.25, -0.2) is 0 Å². The molecule has 3 atom stereocenters. The first kappa shape index (κ1) is 15.4. The highest BCUT2D eigenvalue weighted by atomic mass is 16.5. The lowest BCUT2D eigenvalue weighted by Gasteiger charge is -2.39. The van der Waals surface area contributed by atoms with Gasteiger partial charge in [0.15, 0.2) is 0 Å². The van der Waals surface area contributed by atoms with E-state index in [1.807, 2.05) is 31.2 Å². The molecule has 0 aliphatic heterocycles. The van der Waals surface area contributed by atoms with Crippen molar-refractivity contribution in [3.05, 3.63) is 29.8 Å². The van der Waals surface area contributed by atoms with E-state index in [1.54, 1.807) is 0 Å². The van der Waals surface area contributed by atoms with E-state index >= 15 is 0 Å². The van der Waals surface area contributed by atoms with Crippen molar-refractivity contribution in [2.45, 2.75) is 53.0 Å². The van der Waals surface area contributed by atoms with Crippen LogP contribution in [0.1, 0.15) is 57.3 Å². The third kappa shape index (κ3) is 2.13. The maximum atomic E-state index is 12.7. The van der Waals surface area contributed by atoms with Gasteiger partial charge in [-0.05, 0) is 55.1 Å². The van der Waals surface area contributed by atoms with Crippen LogP contribution in [0.25, 0.3) is 0 Å². The van der Waals surface area contributed by atoms with Crippen molar-refractivity contribution < 1.29 is 9.53 Å². The fraction of sp³-hybridized carbons (Fsp3) is 0.632. The topological polar surface area (TPSA) is 38.3 Å². The summed E-state index contributed by atoms with van der Waals surface area (Å²) in [4.78, 5) is 12.7. The van der Waals surface area contributed by atoms with Crippen LogP contribution in [0.3, 0.4) is 0 Å². The number of rotatable bonds is 4. The molecule has 0 unspecified atom stereocenters. The van der Waals surface area contributed by atoms with E-state index in [9.17, 15) is 4.79 Å². The van der Waals surface area contributed by atoms with Crippen LogP contribution in [0.5, 0.6) is 5.75 Å². The summed E-state index contributed by atoms with van der Waals surface area (Å²) in [5, 5.41) is 3.30. The van der Waals surface area contributed by atoms with Crippen LogP contribution in [0.4, 0.5) is 0 Å². The van der Waals surface area contributed by atoms with Gasteiger partial charge in [-0.1, -0.05) is 32.9 Å². The van der Waals surface area contributed by atoms with Gasteiger partial charge in [0.05, 0.1) is 12.2 Å². The molecule has 0 spiro atoms. The van der Waals surface area contributed by atoms with E-state index in [1.165, 1.54) is 12.8 Å². The summed E-state index contributed by atoms with van der Waals surface area (Å²) in [5.41, 5.74) is 1.16. The summed E-state index contributed by atoms with van der Waals surface area (Å²) in [6, 6.07) is 7.78. The number of carbonyl (C=O) groups excluding carboxylic acids is 1. The van der Waals surface area contributed by atoms with E-state index < -0.39 is 0 Å². The number of nitrogens with one attached hydrogen (secondary N) is 1. The molecule has 3 heteroatoms. The third-order valence-corrected chi connectivity index (χ3v) is 6.53. The summed E-state index contributed by atoms with van der Waals surface area (Å²) < 4.78 is 5.59. The highest BCUT2D eigenvalue weighted by molar-refractivity contribution is 5.97. The number of amides is 1. The molecule has 0 heterocycles. The minimum absolute atomic E-state index is 0.00127. The Balaban J connectivity index is 1.79. The van der Waals surface area contributed by atoms with Gasteiger partial charge in [0.25, 0.3) is 5.91 Å². The zero-order chi connectivity index (χ0) is 16.0. The maximum absolute atomic E-state index is 12.7. The molecule has 2 saturated carbocycles. The van der Waals surface area contributed by atoms with Gasteiger partial charge >= 0.3 is 0 Å². The van der Waals surface area contributed by atoms with E-state index in [0.29, 0.717) is 23.3 Å². The second kappa shape index (κ2) is 5.29. The van der Waals surface area contributed by atoms with Crippen molar-refractivity contribution in [1.82, 2.24) is 5.32 Å². The maximum Gasteiger partial charge on any atom is 0.255 e. The van der Waals surface area contributed by atoms with E-state index in [2.05, 4.69) is 26.1 Å². The van der Waals surface area contributed by atoms with Crippen LogP contribution in [-0.2, 0) is 0 Å². The smallest absolute Gasteiger partial charge is 0.255 e. The van der Waals surface area contributed by atoms with Crippen molar-refractivity contribution in [2.24, 2.45) is 16.7 Å². The fourth-order valence-corrected chi connectivity index (χ4v) is 4.59. The van der Waals surface area contributed by atoms with Crippen molar-refractivity contribution in [1.29, 1.82) is 0 Å². The first-order valence-electron chi connectivity index (χ1n) is 8.43. The molecule has 0 aromatic heterocycles. The molecule has 2 aliphatic rings. The van der Waals surface area contributed by atoms with Crippen LogP contribution in [0, 0.1) is 16.7 Å². The number of hydrogen-bond donors (Lipinski definition) is 1. The molecule has 0 saturated heterocycles. The summed E-state index contributed by atoms with van der Waals surface area (Å²) in [6.07, 6.45) is 3.61. The van der Waals surface area contributed by atoms with Gasteiger partial charge in [-0.2, -0.15) is 0 Å². The van der Waals surface area contributed by atoms with E-state index in [4.69, 9.17) is 4.74 Å². The summed E-state index contributed by atoms with van der Waals surface area (Å²) in [5.74, 6) is 1.40. The molecular formula is C19H27NO2. The summed E-state index contributed by atoms with van der Waals surface area (Å²) in [6.45, 7) is 9.59. The Hall–Kier alpha value is -1.51. The van der Waals surface area contributed by atoms with Crippen molar-refractivity contribution in [3.63, 3.8) is 0 Å². The lowest BCUT2D eigenvalue weighted by molar-refractivity contribution is 0.0823. The van der Waals surface area contributed by atoms with Crippen molar-refractivity contribution in [2.75, 3.05) is 6.61 Å². The fourth-order valence-electron chi connectivity index (χ4n) is 4.59. The van der Waals surface area contributed by atoms with Crippen LogP contribution >= 0.6 is 0 Å². The van der Waals surface area contributed by atoms with E-state index in [0.717, 1.165) is 12.3 Å². The Morgan fingerprint density at radius 2 is 2.05 bits per heavy atom. The van der Waals surface area contributed by atoms with Crippen LogP contribution in [0.2, 0.25) is 0 Å². The summed E-state index contributed by atoms with van der Waals surface area (Å²) in [7, 11) is 0. The molecule has 2 bridgehead atoms. The average molecular weight is 301 g/mol. The number of fused-ring (bicyclic) bond motifs is 2. The van der Waals surface area contributed by atoms with Gasteiger partial charge < -0.3 is 10.1 Å². The standard InChI is InChI=1S/C19H27NO2/c1-5-22-15-9-7-6-8-14(15)17(21)20-16-12-13-10-11-19(16,4)18(13,2)3/h6-9,13,16H,5,10-12H2,1-4H3,(H,20,21)/t13-,16+,19+/m1/s1. The first-order valence-corrected chi connectivity index (χ1v) is 8.43. The molecule has 1 aromatic carbocycles. The molecule has 1 aromatic rings. The minimum atomic E-state index is -0.00127. The highest BCUT2D eigenvalue weighted by Gasteiger charge is 2.61. The van der Waals surface area contributed by atoms with E-state index in [-0.39, 0.29) is 17.4 Å². The predicted molar refractivity (Wildman–Crippen MR) is 88.1 cm³/mol. The molecule has 3 nitrogen and oxygen atoms in total. The first-order chi connectivity index (χ1) is 10.4. The Labute approximate surface area is 133 Å². The molecule has 22 heavy (non-hydrogen) atoms. The van der Waals surface area contributed by atoms with Crippen LogP contribution in [-0.4, -0.2) is 18.6 Å². The second-order valence-corrected chi connectivity index (χ2v) is 7.57. The molecule has 1 amide bonds. The lowest BCUT2D eigenvalue weighted by Crippen LogP contribution is -2.46. The Morgan fingerprint density at radius 3 is 2.64 bits per heavy atom. The molecule has 2 aliphatic carbocycles. The van der Waals surface area contributed by atoms with Crippen molar-refractivity contribution in [3.8, 4) is 5.75 Å². The van der Waals surface area contributed by atoms with Crippen molar-refractivity contribution >= 4 is 5.91 Å². The quantitative estimate of drug-likeness (QED) is 0.912. The molecule has 2 fully saturated rings. The largest absolute Gasteiger partial charge is 0.493 e. The molecule has 120 valence electrons. The predicted octanol–water partition coefficient (Wildman–Crippen LogP) is 4.03. The third-order valence-electron chi connectivity index (χ3n) is 6.53. The zero-order valence-corrected chi connectivity index (χ0v) is 14.1. The van der Waals surface area contributed by atoms with Crippen LogP contribution in [0.15, 0.2) is 24.3 Å². The molecular weight excluding hydrogens is 274 g/mol. The lowest BCUT2D eigenvalue weighted by atomic mass is 9.69. The average Bonchev–Trinajstić information content (AvgIpc) is 2.81.